The number of benzene rings is 1. The van der Waals surface area contributed by atoms with Gasteiger partial charge in [-0.25, -0.2) is 0 Å². The summed E-state index contributed by atoms with van der Waals surface area (Å²) in [6, 6.07) is 8.60. The first-order chi connectivity index (χ1) is 11.2. The highest BCUT2D eigenvalue weighted by Gasteiger charge is 2.39. The molecular weight excluding hydrogens is 290 g/mol. The number of amides is 1. The lowest BCUT2D eigenvalue weighted by molar-refractivity contribution is -0.144. The fourth-order valence-corrected chi connectivity index (χ4v) is 4.12. The number of fused-ring (bicyclic) bond motifs is 2. The van der Waals surface area contributed by atoms with Gasteiger partial charge in [0.2, 0.25) is 5.91 Å². The van der Waals surface area contributed by atoms with Crippen molar-refractivity contribution in [2.24, 2.45) is 0 Å². The van der Waals surface area contributed by atoms with E-state index in [2.05, 4.69) is 17.0 Å². The van der Waals surface area contributed by atoms with Gasteiger partial charge in [-0.3, -0.25) is 4.79 Å². The molecule has 0 saturated carbocycles. The quantitative estimate of drug-likeness (QED) is 0.908. The molecule has 2 aliphatic rings. The standard InChI is InChI=1S/C19H27NO3/c1-23-18-10-8-14(9-11-18)4-2-7-19(22)20-15-5-3-6-16(20)13-17(21)12-15/h8-11,15-17,21H,2-7,12-13H2,1H3/t15-,16+,17?. The van der Waals surface area contributed by atoms with Crippen molar-refractivity contribution in [1.29, 1.82) is 0 Å². The number of hydrogen-bond donors (Lipinski definition) is 1. The topological polar surface area (TPSA) is 49.8 Å². The van der Waals surface area contributed by atoms with Crippen LogP contribution in [-0.4, -0.2) is 41.2 Å². The first-order valence-electron chi connectivity index (χ1n) is 8.79. The van der Waals surface area contributed by atoms with Crippen LogP contribution in [0.15, 0.2) is 24.3 Å². The molecule has 0 aromatic heterocycles. The molecule has 2 heterocycles. The Morgan fingerprint density at radius 2 is 1.87 bits per heavy atom. The molecule has 1 amide bonds. The third-order valence-electron chi connectivity index (χ3n) is 5.25. The van der Waals surface area contributed by atoms with Crippen LogP contribution in [0.3, 0.4) is 0 Å². The van der Waals surface area contributed by atoms with Gasteiger partial charge in [0.15, 0.2) is 0 Å². The van der Waals surface area contributed by atoms with Gasteiger partial charge in [-0.15, -0.1) is 0 Å². The molecule has 0 aliphatic carbocycles. The van der Waals surface area contributed by atoms with Crippen molar-refractivity contribution in [1.82, 2.24) is 4.90 Å². The van der Waals surface area contributed by atoms with Crippen molar-refractivity contribution in [3.8, 4) is 5.75 Å². The van der Waals surface area contributed by atoms with Gasteiger partial charge in [-0.2, -0.15) is 0 Å². The number of rotatable bonds is 5. The molecule has 2 fully saturated rings. The van der Waals surface area contributed by atoms with Crippen LogP contribution in [0.2, 0.25) is 0 Å². The summed E-state index contributed by atoms with van der Waals surface area (Å²) >= 11 is 0. The van der Waals surface area contributed by atoms with Crippen LogP contribution >= 0.6 is 0 Å². The minimum absolute atomic E-state index is 0.214. The van der Waals surface area contributed by atoms with E-state index in [-0.39, 0.29) is 24.1 Å². The SMILES string of the molecule is COc1ccc(CCCC(=O)N2[C@@H]3CCC[C@H]2CC(O)C3)cc1. The molecular formula is C19H27NO3. The van der Waals surface area contributed by atoms with Crippen molar-refractivity contribution >= 4 is 5.91 Å². The van der Waals surface area contributed by atoms with E-state index in [1.807, 2.05) is 12.1 Å². The normalized spacial score (nSPS) is 26.9. The summed E-state index contributed by atoms with van der Waals surface area (Å²) in [6.45, 7) is 0. The number of aryl methyl sites for hydroxylation is 1. The second-order valence-electron chi connectivity index (χ2n) is 6.87. The average molecular weight is 317 g/mol. The number of nitrogens with zero attached hydrogens (tertiary/aromatic N) is 1. The minimum atomic E-state index is -0.214. The Balaban J connectivity index is 1.50. The molecule has 1 unspecified atom stereocenters. The van der Waals surface area contributed by atoms with E-state index in [1.54, 1.807) is 7.11 Å². The van der Waals surface area contributed by atoms with E-state index in [0.29, 0.717) is 6.42 Å². The maximum Gasteiger partial charge on any atom is 0.223 e. The summed E-state index contributed by atoms with van der Waals surface area (Å²) in [5.74, 6) is 1.14. The van der Waals surface area contributed by atoms with Gasteiger partial charge in [-0.05, 0) is 62.6 Å². The number of ether oxygens (including phenoxy) is 1. The molecule has 126 valence electrons. The summed E-state index contributed by atoms with van der Waals surface area (Å²) < 4.78 is 5.16. The van der Waals surface area contributed by atoms with Crippen molar-refractivity contribution in [3.63, 3.8) is 0 Å². The van der Waals surface area contributed by atoms with E-state index in [4.69, 9.17) is 4.74 Å². The molecule has 2 saturated heterocycles. The maximum atomic E-state index is 12.6. The molecule has 4 heteroatoms. The van der Waals surface area contributed by atoms with Gasteiger partial charge in [0.1, 0.15) is 5.75 Å². The summed E-state index contributed by atoms with van der Waals surface area (Å²) in [4.78, 5) is 14.7. The number of piperidine rings is 2. The summed E-state index contributed by atoms with van der Waals surface area (Å²) in [7, 11) is 1.67. The van der Waals surface area contributed by atoms with Crippen LogP contribution < -0.4 is 4.74 Å². The fourth-order valence-electron chi connectivity index (χ4n) is 4.12. The Morgan fingerprint density at radius 3 is 2.48 bits per heavy atom. The monoisotopic (exact) mass is 317 g/mol. The van der Waals surface area contributed by atoms with Gasteiger partial charge >= 0.3 is 0 Å². The molecule has 0 radical (unpaired) electrons. The molecule has 1 aromatic carbocycles. The molecule has 3 rings (SSSR count). The molecule has 4 nitrogen and oxygen atoms in total. The van der Waals surface area contributed by atoms with Crippen LogP contribution in [-0.2, 0) is 11.2 Å². The maximum absolute atomic E-state index is 12.6. The average Bonchev–Trinajstić information content (AvgIpc) is 2.54. The number of carbonyl (C=O) groups excluding carboxylic acids is 1. The van der Waals surface area contributed by atoms with E-state index < -0.39 is 0 Å². The van der Waals surface area contributed by atoms with Crippen molar-refractivity contribution < 1.29 is 14.6 Å². The van der Waals surface area contributed by atoms with Gasteiger partial charge in [0, 0.05) is 18.5 Å². The molecule has 1 aromatic rings. The van der Waals surface area contributed by atoms with Gasteiger partial charge in [0.25, 0.3) is 0 Å². The van der Waals surface area contributed by atoms with Gasteiger partial charge < -0.3 is 14.7 Å². The Bertz CT molecular complexity index is 514. The number of carbonyl (C=O) groups is 1. The van der Waals surface area contributed by atoms with Gasteiger partial charge in [0.05, 0.1) is 13.2 Å². The molecule has 2 bridgehead atoms. The van der Waals surface area contributed by atoms with Crippen LogP contribution in [0.25, 0.3) is 0 Å². The zero-order valence-corrected chi connectivity index (χ0v) is 13.9. The second-order valence-corrected chi connectivity index (χ2v) is 6.87. The van der Waals surface area contributed by atoms with Gasteiger partial charge in [-0.1, -0.05) is 12.1 Å². The Morgan fingerprint density at radius 1 is 1.22 bits per heavy atom. The highest BCUT2D eigenvalue weighted by atomic mass is 16.5. The molecule has 0 spiro atoms. The summed E-state index contributed by atoms with van der Waals surface area (Å²) in [5, 5.41) is 9.93. The van der Waals surface area contributed by atoms with E-state index in [1.165, 1.54) is 12.0 Å². The smallest absolute Gasteiger partial charge is 0.223 e. The lowest BCUT2D eigenvalue weighted by Crippen LogP contribution is -2.55. The Hall–Kier alpha value is -1.55. The zero-order chi connectivity index (χ0) is 16.2. The summed E-state index contributed by atoms with van der Waals surface area (Å²) in [5.41, 5.74) is 1.24. The minimum Gasteiger partial charge on any atom is -0.497 e. The van der Waals surface area contributed by atoms with Crippen molar-refractivity contribution in [3.05, 3.63) is 29.8 Å². The third kappa shape index (κ3) is 3.86. The largest absolute Gasteiger partial charge is 0.497 e. The second kappa shape index (κ2) is 7.35. The molecule has 3 atom stereocenters. The van der Waals surface area contributed by atoms with Crippen molar-refractivity contribution in [2.75, 3.05) is 7.11 Å². The zero-order valence-electron chi connectivity index (χ0n) is 13.9. The predicted octanol–water partition coefficient (Wildman–Crippen LogP) is 2.92. The van der Waals surface area contributed by atoms with E-state index >= 15 is 0 Å². The third-order valence-corrected chi connectivity index (χ3v) is 5.25. The lowest BCUT2D eigenvalue weighted by Gasteiger charge is -2.48. The Labute approximate surface area is 138 Å². The van der Waals surface area contributed by atoms with Crippen LogP contribution in [0.1, 0.15) is 50.5 Å². The number of aliphatic hydroxyl groups is 1. The van der Waals surface area contributed by atoms with Crippen LogP contribution in [0.5, 0.6) is 5.75 Å². The van der Waals surface area contributed by atoms with Crippen LogP contribution in [0, 0.1) is 0 Å². The van der Waals surface area contributed by atoms with E-state index in [9.17, 15) is 9.90 Å². The number of methoxy groups -OCH3 is 1. The Kier molecular flexibility index (Phi) is 5.21. The number of aliphatic hydroxyl groups excluding tert-OH is 1. The van der Waals surface area contributed by atoms with E-state index in [0.717, 1.165) is 44.3 Å². The highest BCUT2D eigenvalue weighted by molar-refractivity contribution is 5.77. The fraction of sp³-hybridized carbons (Fsp3) is 0.632. The summed E-state index contributed by atoms with van der Waals surface area (Å²) in [6.07, 6.45) is 7.02. The van der Waals surface area contributed by atoms with Crippen LogP contribution in [0.4, 0.5) is 0 Å². The molecule has 23 heavy (non-hydrogen) atoms. The highest BCUT2D eigenvalue weighted by Crippen LogP contribution is 2.34. The number of hydrogen-bond acceptors (Lipinski definition) is 3. The predicted molar refractivity (Wildman–Crippen MR) is 89.4 cm³/mol. The lowest BCUT2D eigenvalue weighted by atomic mass is 9.82. The molecule has 2 aliphatic heterocycles. The van der Waals surface area contributed by atoms with Crippen molar-refractivity contribution in [2.45, 2.75) is 69.6 Å². The molecule has 1 N–H and O–H groups in total. The first kappa shape index (κ1) is 16.3. The first-order valence-corrected chi connectivity index (χ1v) is 8.79.